The Bertz CT molecular complexity index is 219. The van der Waals surface area contributed by atoms with Crippen LogP contribution in [0, 0.1) is 16.2 Å². The number of halogens is 2. The summed E-state index contributed by atoms with van der Waals surface area (Å²) in [6.07, 6.45) is 1.20. The van der Waals surface area contributed by atoms with E-state index in [1.807, 2.05) is 0 Å². The molecule has 0 aliphatic heterocycles. The molecular weight excluding hydrogens is 170 g/mol. The molecule has 3 aliphatic carbocycles. The second kappa shape index (κ2) is 2.26. The van der Waals surface area contributed by atoms with Crippen molar-refractivity contribution in [2.45, 2.75) is 52.9 Å². The highest BCUT2D eigenvalue weighted by Gasteiger charge is 2.68. The first kappa shape index (κ1) is 9.42. The molecule has 76 valence electrons. The molecule has 3 saturated carbocycles. The monoisotopic (exact) mass is 188 g/mol. The molecule has 0 nitrogen and oxygen atoms in total. The molecule has 3 rings (SSSR count). The first-order chi connectivity index (χ1) is 5.81. The van der Waals surface area contributed by atoms with Crippen molar-refractivity contribution in [1.29, 1.82) is 0 Å². The molecule has 0 spiro atoms. The van der Waals surface area contributed by atoms with E-state index in [1.165, 1.54) is 0 Å². The summed E-state index contributed by atoms with van der Waals surface area (Å²) in [7, 11) is 0. The molecule has 0 aromatic heterocycles. The van der Waals surface area contributed by atoms with Crippen molar-refractivity contribution in [3.8, 4) is 0 Å². The van der Waals surface area contributed by atoms with Crippen molar-refractivity contribution in [2.75, 3.05) is 0 Å². The van der Waals surface area contributed by atoms with Gasteiger partial charge >= 0.3 is 0 Å². The molecule has 2 heteroatoms. The normalized spacial score (nSPS) is 43.8. The Morgan fingerprint density at radius 3 is 1.85 bits per heavy atom. The standard InChI is InChI=1S/C11H18F2/c1-9(2,3)11-5-4-10(6-11,7-11)8(12)13/h8H,4-7H2,1-3H3. The Balaban J connectivity index is 2.15. The fourth-order valence-electron chi connectivity index (χ4n) is 3.31. The van der Waals surface area contributed by atoms with Crippen LogP contribution < -0.4 is 0 Å². The zero-order valence-corrected chi connectivity index (χ0v) is 8.66. The van der Waals surface area contributed by atoms with Crippen LogP contribution in [-0.4, -0.2) is 6.43 Å². The third-order valence-electron chi connectivity index (χ3n) is 4.54. The van der Waals surface area contributed by atoms with Gasteiger partial charge in [0.15, 0.2) is 0 Å². The van der Waals surface area contributed by atoms with Gasteiger partial charge in [-0.15, -0.1) is 0 Å². The van der Waals surface area contributed by atoms with Crippen LogP contribution in [0.3, 0.4) is 0 Å². The Hall–Kier alpha value is -0.140. The van der Waals surface area contributed by atoms with Gasteiger partial charge in [0, 0.05) is 5.41 Å². The number of rotatable bonds is 1. The Kier molecular flexibility index (Phi) is 1.64. The average molecular weight is 188 g/mol. The second-order valence-corrected chi connectivity index (χ2v) is 6.05. The van der Waals surface area contributed by atoms with Crippen LogP contribution in [-0.2, 0) is 0 Å². The molecule has 0 heterocycles. The average Bonchev–Trinajstić information content (AvgIpc) is 2.34. The lowest BCUT2D eigenvalue weighted by Crippen LogP contribution is -2.48. The lowest BCUT2D eigenvalue weighted by molar-refractivity contribution is -0.124. The quantitative estimate of drug-likeness (QED) is 0.586. The molecule has 0 unspecified atom stereocenters. The first-order valence-electron chi connectivity index (χ1n) is 5.10. The molecule has 0 N–H and O–H groups in total. The van der Waals surface area contributed by atoms with E-state index >= 15 is 0 Å². The number of alkyl halides is 2. The van der Waals surface area contributed by atoms with Gasteiger partial charge in [0.25, 0.3) is 0 Å². The maximum atomic E-state index is 12.7. The number of fused-ring (bicyclic) bond motifs is 1. The van der Waals surface area contributed by atoms with E-state index in [0.29, 0.717) is 0 Å². The topological polar surface area (TPSA) is 0 Å². The lowest BCUT2D eigenvalue weighted by atomic mass is 9.51. The highest BCUT2D eigenvalue weighted by Crippen LogP contribution is 2.74. The molecule has 3 fully saturated rings. The Morgan fingerprint density at radius 1 is 1.08 bits per heavy atom. The van der Waals surface area contributed by atoms with Crippen LogP contribution in [0.15, 0.2) is 0 Å². The summed E-state index contributed by atoms with van der Waals surface area (Å²) < 4.78 is 25.4. The SMILES string of the molecule is CC(C)(C)C12CCC(C(F)F)(C1)C2. The summed E-state index contributed by atoms with van der Waals surface area (Å²) in [6.45, 7) is 6.56. The van der Waals surface area contributed by atoms with Gasteiger partial charge in [-0.3, -0.25) is 0 Å². The summed E-state index contributed by atoms with van der Waals surface area (Å²) in [5, 5.41) is 0. The lowest BCUT2D eigenvalue weighted by Gasteiger charge is -2.54. The zero-order valence-electron chi connectivity index (χ0n) is 8.66. The predicted octanol–water partition coefficient (Wildman–Crippen LogP) is 3.86. The van der Waals surface area contributed by atoms with Gasteiger partial charge in [0.2, 0.25) is 6.43 Å². The summed E-state index contributed by atoms with van der Waals surface area (Å²) in [5.74, 6) is 0. The fraction of sp³-hybridized carbons (Fsp3) is 1.00. The van der Waals surface area contributed by atoms with Crippen molar-refractivity contribution in [3.63, 3.8) is 0 Å². The van der Waals surface area contributed by atoms with E-state index in [4.69, 9.17) is 0 Å². The van der Waals surface area contributed by atoms with Gasteiger partial charge in [-0.1, -0.05) is 20.8 Å². The summed E-state index contributed by atoms with van der Waals surface area (Å²) in [5.41, 5.74) is -0.126. The molecule has 0 radical (unpaired) electrons. The number of hydrogen-bond donors (Lipinski definition) is 0. The second-order valence-electron chi connectivity index (χ2n) is 6.05. The molecule has 0 atom stereocenters. The van der Waals surface area contributed by atoms with Gasteiger partial charge in [0.05, 0.1) is 0 Å². The highest BCUT2D eigenvalue weighted by atomic mass is 19.3. The van der Waals surface area contributed by atoms with E-state index in [9.17, 15) is 8.78 Å². The minimum Gasteiger partial charge on any atom is -0.210 e. The van der Waals surface area contributed by atoms with Crippen molar-refractivity contribution in [3.05, 3.63) is 0 Å². The third kappa shape index (κ3) is 1.01. The van der Waals surface area contributed by atoms with Crippen LogP contribution in [0.25, 0.3) is 0 Å². The van der Waals surface area contributed by atoms with E-state index in [-0.39, 0.29) is 10.8 Å². The van der Waals surface area contributed by atoms with Crippen LogP contribution in [0.5, 0.6) is 0 Å². The maximum absolute atomic E-state index is 12.7. The van der Waals surface area contributed by atoms with Crippen molar-refractivity contribution in [1.82, 2.24) is 0 Å². The first-order valence-corrected chi connectivity index (χ1v) is 5.10. The molecule has 0 aromatic carbocycles. The van der Waals surface area contributed by atoms with Crippen LogP contribution in [0.4, 0.5) is 8.78 Å². The summed E-state index contributed by atoms with van der Waals surface area (Å²) in [6, 6.07) is 0. The van der Waals surface area contributed by atoms with E-state index in [2.05, 4.69) is 20.8 Å². The van der Waals surface area contributed by atoms with Crippen molar-refractivity contribution in [2.24, 2.45) is 16.2 Å². The van der Waals surface area contributed by atoms with Gasteiger partial charge in [-0.25, -0.2) is 8.78 Å². The van der Waals surface area contributed by atoms with Gasteiger partial charge in [-0.2, -0.15) is 0 Å². The van der Waals surface area contributed by atoms with Crippen LogP contribution >= 0.6 is 0 Å². The minimum atomic E-state index is -2.09. The third-order valence-corrected chi connectivity index (χ3v) is 4.54. The summed E-state index contributed by atoms with van der Waals surface area (Å²) >= 11 is 0. The van der Waals surface area contributed by atoms with E-state index in [1.54, 1.807) is 0 Å². The Labute approximate surface area is 78.7 Å². The smallest absolute Gasteiger partial charge is 0.210 e. The molecule has 13 heavy (non-hydrogen) atoms. The molecule has 3 aliphatic rings. The van der Waals surface area contributed by atoms with Crippen LogP contribution in [0.1, 0.15) is 46.5 Å². The predicted molar refractivity (Wildman–Crippen MR) is 48.8 cm³/mol. The maximum Gasteiger partial charge on any atom is 0.244 e. The molecular formula is C11H18F2. The molecule has 2 bridgehead atoms. The molecule has 0 aromatic rings. The fourth-order valence-corrected chi connectivity index (χ4v) is 3.31. The van der Waals surface area contributed by atoms with Crippen molar-refractivity contribution < 1.29 is 8.78 Å². The van der Waals surface area contributed by atoms with Crippen LogP contribution in [0.2, 0.25) is 0 Å². The molecule has 0 amide bonds. The zero-order chi connectivity index (χ0) is 9.91. The minimum absolute atomic E-state index is 0.210. The number of hydrogen-bond acceptors (Lipinski definition) is 0. The van der Waals surface area contributed by atoms with Gasteiger partial charge < -0.3 is 0 Å². The largest absolute Gasteiger partial charge is 0.244 e. The Morgan fingerprint density at radius 2 is 1.62 bits per heavy atom. The highest BCUT2D eigenvalue weighted by molar-refractivity contribution is 5.15. The van der Waals surface area contributed by atoms with E-state index < -0.39 is 11.8 Å². The summed E-state index contributed by atoms with van der Waals surface area (Å²) in [4.78, 5) is 0. The van der Waals surface area contributed by atoms with Crippen molar-refractivity contribution >= 4 is 0 Å². The van der Waals surface area contributed by atoms with E-state index in [0.717, 1.165) is 25.7 Å². The van der Waals surface area contributed by atoms with Gasteiger partial charge in [-0.05, 0) is 36.5 Å². The molecule has 0 saturated heterocycles. The van der Waals surface area contributed by atoms with Gasteiger partial charge in [0.1, 0.15) is 0 Å².